The largest absolute Gasteiger partial charge is 0.535 e. The van der Waals surface area contributed by atoms with Gasteiger partial charge in [0.15, 0.2) is 5.84 Å². The van der Waals surface area contributed by atoms with Gasteiger partial charge in [0.1, 0.15) is 6.04 Å². The quantitative estimate of drug-likeness (QED) is 0.0857. The predicted octanol–water partition coefficient (Wildman–Crippen LogP) is 4.33. The Balaban J connectivity index is 1.40. The van der Waals surface area contributed by atoms with Gasteiger partial charge in [-0.25, -0.2) is 4.79 Å². The second kappa shape index (κ2) is 17.1. The third-order valence-corrected chi connectivity index (χ3v) is 7.66. The molecule has 10 nitrogen and oxygen atoms in total. The van der Waals surface area contributed by atoms with Crippen LogP contribution in [0.1, 0.15) is 81.9 Å². The standard InChI is InChI=1S/C32H45N5O5/c1-4-6-10-23(5-2)21-41-32(40)42-37-29(33)26-15-13-24(14-16-26)20-35-30(38)22(3)36-31(39)28-19-27(17-18-34-28)25-11-8-7-9-12-25/h7-9,11-16,22-23,27-28,34H,4-6,10,17-21H2,1-3H3,(H2,33,37)(H,35,38)(H,36,39)/t22?,23?,27-,28+/m0/s1. The van der Waals surface area contributed by atoms with Crippen LogP contribution in [-0.4, -0.2) is 49.0 Å². The number of piperidine rings is 1. The van der Waals surface area contributed by atoms with Crippen molar-refractivity contribution < 1.29 is 24.0 Å². The number of carbonyl (C=O) groups excluding carboxylic acids is 3. The number of carbonyl (C=O) groups is 3. The van der Waals surface area contributed by atoms with E-state index in [-0.39, 0.29) is 30.2 Å². The molecule has 10 heteroatoms. The lowest BCUT2D eigenvalue weighted by atomic mass is 9.86. The van der Waals surface area contributed by atoms with Gasteiger partial charge in [-0.3, -0.25) is 14.4 Å². The number of ether oxygens (including phenoxy) is 1. The summed E-state index contributed by atoms with van der Waals surface area (Å²) in [5.41, 5.74) is 8.57. The van der Waals surface area contributed by atoms with Gasteiger partial charge in [-0.1, -0.05) is 92.9 Å². The number of nitrogens with zero attached hydrogens (tertiary/aromatic N) is 1. The molecule has 1 saturated heterocycles. The average molecular weight is 580 g/mol. The van der Waals surface area contributed by atoms with E-state index in [0.717, 1.165) is 44.2 Å². The van der Waals surface area contributed by atoms with Crippen molar-refractivity contribution in [3.05, 3.63) is 71.3 Å². The maximum absolute atomic E-state index is 12.9. The second-order valence-corrected chi connectivity index (χ2v) is 10.8. The Hall–Kier alpha value is -3.92. The van der Waals surface area contributed by atoms with Crippen molar-refractivity contribution in [1.29, 1.82) is 0 Å². The Morgan fingerprint density at radius 2 is 1.83 bits per heavy atom. The van der Waals surface area contributed by atoms with E-state index < -0.39 is 12.2 Å². The van der Waals surface area contributed by atoms with Crippen molar-refractivity contribution in [3.63, 3.8) is 0 Å². The van der Waals surface area contributed by atoms with E-state index in [2.05, 4.69) is 47.1 Å². The fourth-order valence-electron chi connectivity index (χ4n) is 4.91. The molecule has 1 heterocycles. The number of hydrogen-bond donors (Lipinski definition) is 4. The Morgan fingerprint density at radius 3 is 2.52 bits per heavy atom. The highest BCUT2D eigenvalue weighted by Crippen LogP contribution is 2.27. The van der Waals surface area contributed by atoms with E-state index in [0.29, 0.717) is 30.4 Å². The molecular weight excluding hydrogens is 534 g/mol. The molecule has 3 rings (SSSR count). The van der Waals surface area contributed by atoms with Crippen molar-refractivity contribution in [2.75, 3.05) is 13.2 Å². The second-order valence-electron chi connectivity index (χ2n) is 10.8. The minimum atomic E-state index is -0.885. The lowest BCUT2D eigenvalue weighted by Crippen LogP contribution is -2.53. The highest BCUT2D eigenvalue weighted by molar-refractivity contribution is 5.97. The predicted molar refractivity (Wildman–Crippen MR) is 163 cm³/mol. The molecule has 0 spiro atoms. The lowest BCUT2D eigenvalue weighted by Gasteiger charge is -2.30. The molecular formula is C32H45N5O5. The minimum absolute atomic E-state index is 0.0303. The van der Waals surface area contributed by atoms with E-state index in [4.69, 9.17) is 15.3 Å². The van der Waals surface area contributed by atoms with Gasteiger partial charge in [-0.2, -0.15) is 0 Å². The number of unbranched alkanes of at least 4 members (excludes halogenated alkanes) is 1. The van der Waals surface area contributed by atoms with Crippen molar-refractivity contribution in [1.82, 2.24) is 16.0 Å². The van der Waals surface area contributed by atoms with Crippen LogP contribution in [0.5, 0.6) is 0 Å². The van der Waals surface area contributed by atoms with Crippen LogP contribution in [0.25, 0.3) is 0 Å². The zero-order valence-electron chi connectivity index (χ0n) is 24.9. The monoisotopic (exact) mass is 579 g/mol. The van der Waals surface area contributed by atoms with E-state index in [1.54, 1.807) is 31.2 Å². The summed E-state index contributed by atoms with van der Waals surface area (Å²) in [6, 6.07) is 16.2. The molecule has 1 fully saturated rings. The summed E-state index contributed by atoms with van der Waals surface area (Å²) in [5.74, 6) is 0.181. The number of oxime groups is 1. The van der Waals surface area contributed by atoms with Crippen LogP contribution in [0.2, 0.25) is 0 Å². The highest BCUT2D eigenvalue weighted by Gasteiger charge is 2.29. The summed E-state index contributed by atoms with van der Waals surface area (Å²) in [5, 5.41) is 12.6. The van der Waals surface area contributed by atoms with E-state index in [1.165, 1.54) is 5.56 Å². The maximum Gasteiger partial charge on any atom is 0.535 e. The number of hydrogen-bond acceptors (Lipinski definition) is 7. The molecule has 0 saturated carbocycles. The van der Waals surface area contributed by atoms with Crippen molar-refractivity contribution in [2.45, 2.75) is 83.8 Å². The molecule has 0 aliphatic carbocycles. The zero-order chi connectivity index (χ0) is 30.3. The number of amides is 2. The Morgan fingerprint density at radius 1 is 1.10 bits per heavy atom. The first-order chi connectivity index (χ1) is 20.3. The normalized spacial score (nSPS) is 18.4. The summed E-state index contributed by atoms with van der Waals surface area (Å²) in [4.78, 5) is 42.2. The summed E-state index contributed by atoms with van der Waals surface area (Å²) < 4.78 is 5.16. The number of nitrogens with two attached hydrogens (primary N) is 1. The van der Waals surface area contributed by atoms with Gasteiger partial charge >= 0.3 is 6.16 Å². The molecule has 0 bridgehead atoms. The molecule has 2 aromatic rings. The van der Waals surface area contributed by atoms with Gasteiger partial charge in [-0.15, -0.1) is 0 Å². The molecule has 0 radical (unpaired) electrons. The molecule has 42 heavy (non-hydrogen) atoms. The first-order valence-electron chi connectivity index (χ1n) is 14.9. The molecule has 5 N–H and O–H groups in total. The fraction of sp³-hybridized carbons (Fsp3) is 0.500. The fourth-order valence-corrected chi connectivity index (χ4v) is 4.91. The van der Waals surface area contributed by atoms with E-state index >= 15 is 0 Å². The van der Waals surface area contributed by atoms with Crippen molar-refractivity contribution >= 4 is 23.8 Å². The third-order valence-electron chi connectivity index (χ3n) is 7.66. The Bertz CT molecular complexity index is 1170. The van der Waals surface area contributed by atoms with Crippen LogP contribution in [0, 0.1) is 5.92 Å². The third kappa shape index (κ3) is 10.5. The lowest BCUT2D eigenvalue weighted by molar-refractivity contribution is -0.130. The average Bonchev–Trinajstić information content (AvgIpc) is 3.03. The van der Waals surface area contributed by atoms with Gasteiger partial charge in [0.2, 0.25) is 11.8 Å². The maximum atomic E-state index is 12.9. The summed E-state index contributed by atoms with van der Waals surface area (Å²) in [6.07, 6.45) is 4.88. The molecule has 1 aliphatic rings. The van der Waals surface area contributed by atoms with Crippen molar-refractivity contribution in [3.8, 4) is 0 Å². The summed E-state index contributed by atoms with van der Waals surface area (Å²) >= 11 is 0. The van der Waals surface area contributed by atoms with Gasteiger partial charge in [-0.05, 0) is 55.7 Å². The number of rotatable bonds is 14. The molecule has 228 valence electrons. The highest BCUT2D eigenvalue weighted by atomic mass is 16.8. The first kappa shape index (κ1) is 32.6. The number of benzene rings is 2. The van der Waals surface area contributed by atoms with Gasteiger partial charge < -0.3 is 26.4 Å². The van der Waals surface area contributed by atoms with Crippen LogP contribution in [0.4, 0.5) is 4.79 Å². The SMILES string of the molecule is CCCCC(CC)COC(=O)O/N=C(\N)c1ccc(CNC(=O)C(C)NC(=O)[C@H]2C[C@@H](c3ccccc3)CCN2)cc1. The van der Waals surface area contributed by atoms with Crippen molar-refractivity contribution in [2.24, 2.45) is 16.8 Å². The summed E-state index contributed by atoms with van der Waals surface area (Å²) in [7, 11) is 0. The molecule has 2 amide bonds. The number of nitrogens with one attached hydrogen (secondary N) is 3. The van der Waals surface area contributed by atoms with Gasteiger partial charge in [0.05, 0.1) is 12.6 Å². The van der Waals surface area contributed by atoms with E-state index in [1.807, 2.05) is 18.2 Å². The van der Waals surface area contributed by atoms with Crippen LogP contribution in [0.3, 0.4) is 0 Å². The van der Waals surface area contributed by atoms with E-state index in [9.17, 15) is 14.4 Å². The Labute approximate surface area is 248 Å². The molecule has 2 aromatic carbocycles. The van der Waals surface area contributed by atoms with Crippen LogP contribution in [-0.2, 0) is 25.7 Å². The smallest absolute Gasteiger partial charge is 0.432 e. The van der Waals surface area contributed by atoms with Gasteiger partial charge in [0.25, 0.3) is 0 Å². The molecule has 1 aliphatic heterocycles. The van der Waals surface area contributed by atoms with Crippen LogP contribution >= 0.6 is 0 Å². The Kier molecular flexibility index (Phi) is 13.3. The minimum Gasteiger partial charge on any atom is -0.432 e. The first-order valence-corrected chi connectivity index (χ1v) is 14.9. The summed E-state index contributed by atoms with van der Waals surface area (Å²) in [6.45, 7) is 7.17. The topological polar surface area (TPSA) is 144 Å². The molecule has 4 atom stereocenters. The number of amidine groups is 1. The van der Waals surface area contributed by atoms with Crippen LogP contribution < -0.4 is 21.7 Å². The molecule has 2 unspecified atom stereocenters. The van der Waals surface area contributed by atoms with Gasteiger partial charge in [0, 0.05) is 12.1 Å². The molecule has 0 aromatic heterocycles. The van der Waals surface area contributed by atoms with Crippen LogP contribution in [0.15, 0.2) is 59.8 Å². The zero-order valence-corrected chi connectivity index (χ0v) is 24.9.